The summed E-state index contributed by atoms with van der Waals surface area (Å²) in [6, 6.07) is 8.75. The van der Waals surface area contributed by atoms with Crippen molar-refractivity contribution in [2.45, 2.75) is 50.3 Å². The summed E-state index contributed by atoms with van der Waals surface area (Å²) in [7, 11) is -1.97. The molecule has 5 rings (SSSR count). The number of aromatic nitrogens is 3. The Labute approximate surface area is 239 Å². The van der Waals surface area contributed by atoms with E-state index in [0.29, 0.717) is 53.4 Å². The maximum Gasteiger partial charge on any atom is 0.257 e. The zero-order valence-electron chi connectivity index (χ0n) is 23.7. The van der Waals surface area contributed by atoms with Crippen molar-refractivity contribution in [1.29, 1.82) is 0 Å². The Morgan fingerprint density at radius 2 is 2.00 bits per heavy atom. The van der Waals surface area contributed by atoms with E-state index in [0.717, 1.165) is 31.3 Å². The summed E-state index contributed by atoms with van der Waals surface area (Å²) in [6.45, 7) is 6.89. The van der Waals surface area contributed by atoms with Crippen LogP contribution in [0.2, 0.25) is 0 Å². The molecule has 1 amide bonds. The summed E-state index contributed by atoms with van der Waals surface area (Å²) in [4.78, 5) is 27.4. The molecule has 218 valence electrons. The predicted octanol–water partition coefficient (Wildman–Crippen LogP) is 3.81. The van der Waals surface area contributed by atoms with Crippen LogP contribution in [0.4, 0.5) is 23.0 Å². The van der Waals surface area contributed by atoms with Crippen LogP contribution in [-0.2, 0) is 19.4 Å². The van der Waals surface area contributed by atoms with Crippen molar-refractivity contribution in [3.8, 4) is 22.9 Å². The molecule has 12 nitrogen and oxygen atoms in total. The van der Waals surface area contributed by atoms with Gasteiger partial charge in [-0.15, -0.1) is 0 Å². The second-order valence-corrected chi connectivity index (χ2v) is 12.8. The first-order valence-corrected chi connectivity index (χ1v) is 15.2. The first-order valence-electron chi connectivity index (χ1n) is 13.3. The molecule has 0 radical (unpaired) electrons. The van der Waals surface area contributed by atoms with Crippen LogP contribution in [-0.4, -0.2) is 74.0 Å². The number of nitrogens with one attached hydrogen (secondary N) is 2. The molecule has 3 aromatic rings. The van der Waals surface area contributed by atoms with Gasteiger partial charge in [0.25, 0.3) is 5.88 Å². The average molecular weight is 583 g/mol. The van der Waals surface area contributed by atoms with Crippen molar-refractivity contribution >= 4 is 38.8 Å². The van der Waals surface area contributed by atoms with Gasteiger partial charge < -0.3 is 29.7 Å². The highest BCUT2D eigenvalue weighted by Crippen LogP contribution is 2.38. The van der Waals surface area contributed by atoms with E-state index in [1.54, 1.807) is 37.6 Å². The van der Waals surface area contributed by atoms with Gasteiger partial charge in [0.05, 0.1) is 24.0 Å². The number of carbonyl (C=O) groups excluding carboxylic acids is 1. The van der Waals surface area contributed by atoms with Gasteiger partial charge in [-0.05, 0) is 44.9 Å². The van der Waals surface area contributed by atoms with Gasteiger partial charge in [0.15, 0.2) is 20.6 Å². The fourth-order valence-corrected chi connectivity index (χ4v) is 5.53. The molecule has 1 atom stereocenters. The van der Waals surface area contributed by atoms with E-state index in [1.807, 2.05) is 19.9 Å². The molecular formula is C28H34N6O6S. The van der Waals surface area contributed by atoms with Crippen LogP contribution in [0.1, 0.15) is 33.6 Å². The van der Waals surface area contributed by atoms with Gasteiger partial charge in [-0.1, -0.05) is 0 Å². The lowest BCUT2D eigenvalue weighted by molar-refractivity contribution is -0.114. The molecule has 2 aliphatic heterocycles. The molecule has 0 bridgehead atoms. The van der Waals surface area contributed by atoms with Crippen molar-refractivity contribution in [2.75, 3.05) is 48.7 Å². The largest absolute Gasteiger partial charge is 0.479 e. The number of ether oxygens (including phenoxy) is 3. The number of carbonyl (C=O) groups is 1. The quantitative estimate of drug-likeness (QED) is 0.400. The average Bonchev–Trinajstić information content (AvgIpc) is 3.36. The number of hydrogen-bond acceptors (Lipinski definition) is 11. The molecule has 13 heteroatoms. The highest BCUT2D eigenvalue weighted by molar-refractivity contribution is 7.90. The van der Waals surface area contributed by atoms with Crippen LogP contribution < -0.4 is 25.0 Å². The third kappa shape index (κ3) is 6.51. The molecule has 5 heterocycles. The van der Waals surface area contributed by atoms with E-state index in [1.165, 1.54) is 6.92 Å². The molecule has 0 aliphatic carbocycles. The van der Waals surface area contributed by atoms with E-state index >= 15 is 0 Å². The van der Waals surface area contributed by atoms with Crippen molar-refractivity contribution in [3.63, 3.8) is 0 Å². The minimum absolute atomic E-state index is 0.0571. The Morgan fingerprint density at radius 3 is 2.73 bits per heavy atom. The standard InChI is InChI=1S/C28H34N6O6S/c1-17(35)30-24-13-22(20(14-29-24)21-8-9-23-27(32-21)39-16-28(2,3)40-23)31-25-11-19(12-26(33-25)41(5,36)37)34-10-6-7-18(34)15-38-4/h8-9,11-14,18H,6-7,10,15-16H2,1-5H3,(H2,29,30,31,33,35). The number of hydrogen-bond donors (Lipinski definition) is 2. The Kier molecular flexibility index (Phi) is 7.75. The third-order valence-electron chi connectivity index (χ3n) is 6.75. The fourth-order valence-electron chi connectivity index (χ4n) is 4.93. The van der Waals surface area contributed by atoms with E-state index in [2.05, 4.69) is 30.5 Å². The van der Waals surface area contributed by atoms with Gasteiger partial charge in [-0.25, -0.2) is 23.4 Å². The maximum atomic E-state index is 12.6. The molecule has 1 saturated heterocycles. The van der Waals surface area contributed by atoms with Crippen LogP contribution in [0, 0.1) is 0 Å². The highest BCUT2D eigenvalue weighted by Gasteiger charge is 2.30. The zero-order valence-corrected chi connectivity index (χ0v) is 24.5. The summed E-state index contributed by atoms with van der Waals surface area (Å²) in [5, 5.41) is 5.89. The number of amides is 1. The lowest BCUT2D eigenvalue weighted by Gasteiger charge is -2.31. The predicted molar refractivity (Wildman–Crippen MR) is 155 cm³/mol. The van der Waals surface area contributed by atoms with Crippen LogP contribution in [0.5, 0.6) is 11.6 Å². The van der Waals surface area contributed by atoms with Gasteiger partial charge in [-0.3, -0.25) is 4.79 Å². The fraction of sp³-hybridized carbons (Fsp3) is 0.429. The number of rotatable bonds is 8. The maximum absolute atomic E-state index is 12.6. The van der Waals surface area contributed by atoms with E-state index in [4.69, 9.17) is 14.2 Å². The SMILES string of the molecule is COCC1CCCN1c1cc(Nc2cc(NC(C)=O)ncc2-c2ccc3c(n2)OCC(C)(C)O3)nc(S(C)(=O)=O)c1. The second kappa shape index (κ2) is 11.1. The Morgan fingerprint density at radius 1 is 1.20 bits per heavy atom. The van der Waals surface area contributed by atoms with Crippen molar-refractivity contribution in [3.05, 3.63) is 36.5 Å². The van der Waals surface area contributed by atoms with Gasteiger partial charge in [0.1, 0.15) is 23.8 Å². The van der Waals surface area contributed by atoms with Gasteiger partial charge in [0, 0.05) is 56.4 Å². The smallest absolute Gasteiger partial charge is 0.257 e. The molecule has 0 spiro atoms. The van der Waals surface area contributed by atoms with Crippen molar-refractivity contribution < 1.29 is 27.4 Å². The number of anilines is 4. The summed E-state index contributed by atoms with van der Waals surface area (Å²) in [5.41, 5.74) is 1.88. The molecule has 0 saturated carbocycles. The van der Waals surface area contributed by atoms with Gasteiger partial charge in [0.2, 0.25) is 5.91 Å². The molecule has 1 fully saturated rings. The molecular weight excluding hydrogens is 548 g/mol. The Hall–Kier alpha value is -3.97. The lowest BCUT2D eigenvalue weighted by atomic mass is 10.1. The van der Waals surface area contributed by atoms with E-state index in [-0.39, 0.29) is 17.0 Å². The highest BCUT2D eigenvalue weighted by atomic mass is 32.2. The first kappa shape index (κ1) is 28.6. The van der Waals surface area contributed by atoms with Crippen molar-refractivity contribution in [2.24, 2.45) is 0 Å². The normalized spacial score (nSPS) is 17.8. The van der Waals surface area contributed by atoms with Crippen LogP contribution in [0.25, 0.3) is 11.3 Å². The van der Waals surface area contributed by atoms with Crippen molar-refractivity contribution in [1.82, 2.24) is 15.0 Å². The first-order chi connectivity index (χ1) is 19.4. The topological polar surface area (TPSA) is 145 Å². The van der Waals surface area contributed by atoms with Crippen LogP contribution in [0.15, 0.2) is 41.6 Å². The number of nitrogens with zero attached hydrogens (tertiary/aromatic N) is 4. The van der Waals surface area contributed by atoms with Crippen LogP contribution >= 0.6 is 0 Å². The zero-order chi connectivity index (χ0) is 29.4. The minimum Gasteiger partial charge on any atom is -0.479 e. The number of pyridine rings is 3. The molecule has 2 aliphatic rings. The van der Waals surface area contributed by atoms with E-state index in [9.17, 15) is 13.2 Å². The summed E-state index contributed by atoms with van der Waals surface area (Å²) in [5.74, 6) is 1.23. The van der Waals surface area contributed by atoms with Gasteiger partial charge >= 0.3 is 0 Å². The van der Waals surface area contributed by atoms with E-state index < -0.39 is 15.4 Å². The van der Waals surface area contributed by atoms with Crippen LogP contribution in [0.3, 0.4) is 0 Å². The molecule has 41 heavy (non-hydrogen) atoms. The molecule has 2 N–H and O–H groups in total. The number of fused-ring (bicyclic) bond motifs is 1. The van der Waals surface area contributed by atoms with Gasteiger partial charge in [-0.2, -0.15) is 0 Å². The Balaban J connectivity index is 1.57. The number of methoxy groups -OCH3 is 1. The summed E-state index contributed by atoms with van der Waals surface area (Å²) in [6.07, 6.45) is 4.61. The summed E-state index contributed by atoms with van der Waals surface area (Å²) < 4.78 is 42.5. The monoisotopic (exact) mass is 582 g/mol. The summed E-state index contributed by atoms with van der Waals surface area (Å²) >= 11 is 0. The molecule has 1 unspecified atom stereocenters. The molecule has 0 aromatic carbocycles. The number of sulfone groups is 1. The third-order valence-corrected chi connectivity index (χ3v) is 7.72. The second-order valence-electron chi connectivity index (χ2n) is 10.8. The Bertz CT molecular complexity index is 1580. The molecule has 3 aromatic heterocycles. The lowest BCUT2D eigenvalue weighted by Crippen LogP contribution is -2.39. The minimum atomic E-state index is -3.63.